The van der Waals surface area contributed by atoms with Gasteiger partial charge >= 0.3 is 0 Å². The third-order valence-corrected chi connectivity index (χ3v) is 4.15. The lowest BCUT2D eigenvalue weighted by molar-refractivity contribution is 0.571. The maximum Gasteiger partial charge on any atom is 0.245 e. The SMILES string of the molecule is Cc1ccc(CNCc2nc3c(C)c(-c4ncco4)nc(N)n3n2)cc1. The maximum absolute atomic E-state index is 6.04. The summed E-state index contributed by atoms with van der Waals surface area (Å²) in [5.74, 6) is 1.31. The Morgan fingerprint density at radius 1 is 1.12 bits per heavy atom. The molecule has 0 spiro atoms. The highest BCUT2D eigenvalue weighted by Crippen LogP contribution is 2.23. The summed E-state index contributed by atoms with van der Waals surface area (Å²) >= 11 is 0. The highest BCUT2D eigenvalue weighted by Gasteiger charge is 2.17. The Morgan fingerprint density at radius 3 is 2.65 bits per heavy atom. The average Bonchev–Trinajstić information content (AvgIpc) is 3.30. The standard InChI is InChI=1S/C18H19N7O/c1-11-3-5-13(6-4-11)9-20-10-14-22-16-12(2)15(17-21-7-8-26-17)23-18(19)25(16)24-14/h3-8,20H,9-10H2,1-2H3,(H2,19,23). The fourth-order valence-electron chi connectivity index (χ4n) is 2.76. The van der Waals surface area contributed by atoms with E-state index in [1.807, 2.05) is 6.92 Å². The number of nitrogens with two attached hydrogens (primary N) is 1. The lowest BCUT2D eigenvalue weighted by Crippen LogP contribution is -2.14. The van der Waals surface area contributed by atoms with E-state index >= 15 is 0 Å². The first kappa shape index (κ1) is 16.2. The van der Waals surface area contributed by atoms with Crippen LogP contribution in [0.2, 0.25) is 0 Å². The lowest BCUT2D eigenvalue weighted by atomic mass is 10.1. The van der Waals surface area contributed by atoms with E-state index in [2.05, 4.69) is 56.6 Å². The van der Waals surface area contributed by atoms with Gasteiger partial charge in [0.15, 0.2) is 11.5 Å². The van der Waals surface area contributed by atoms with Gasteiger partial charge in [0.2, 0.25) is 11.8 Å². The van der Waals surface area contributed by atoms with E-state index in [-0.39, 0.29) is 5.95 Å². The number of hydrogen-bond acceptors (Lipinski definition) is 7. The summed E-state index contributed by atoms with van der Waals surface area (Å²) in [6.07, 6.45) is 3.07. The predicted octanol–water partition coefficient (Wildman–Crippen LogP) is 2.27. The molecular weight excluding hydrogens is 330 g/mol. The number of fused-ring (bicyclic) bond motifs is 1. The fraction of sp³-hybridized carbons (Fsp3) is 0.222. The van der Waals surface area contributed by atoms with Crippen LogP contribution in [0.3, 0.4) is 0 Å². The molecule has 3 aromatic heterocycles. The van der Waals surface area contributed by atoms with E-state index in [0.717, 1.165) is 12.1 Å². The Labute approximate surface area is 150 Å². The van der Waals surface area contributed by atoms with Crippen molar-refractivity contribution in [2.45, 2.75) is 26.9 Å². The number of hydrogen-bond donors (Lipinski definition) is 2. The number of oxazole rings is 1. The molecule has 4 rings (SSSR count). The van der Waals surface area contributed by atoms with E-state index in [9.17, 15) is 0 Å². The molecule has 0 atom stereocenters. The number of anilines is 1. The van der Waals surface area contributed by atoms with Gasteiger partial charge in [-0.25, -0.2) is 15.0 Å². The lowest BCUT2D eigenvalue weighted by Gasteiger charge is -2.04. The summed E-state index contributed by atoms with van der Waals surface area (Å²) in [6, 6.07) is 8.41. The zero-order valence-electron chi connectivity index (χ0n) is 14.6. The zero-order valence-corrected chi connectivity index (χ0v) is 14.6. The van der Waals surface area contributed by atoms with Crippen LogP contribution in [0.4, 0.5) is 5.95 Å². The van der Waals surface area contributed by atoms with E-state index in [4.69, 9.17) is 10.2 Å². The van der Waals surface area contributed by atoms with Crippen molar-refractivity contribution in [1.82, 2.24) is 29.9 Å². The molecule has 3 N–H and O–H groups in total. The van der Waals surface area contributed by atoms with Crippen molar-refractivity contribution < 1.29 is 4.42 Å². The van der Waals surface area contributed by atoms with Gasteiger partial charge in [-0.05, 0) is 19.4 Å². The molecule has 0 aliphatic carbocycles. The molecule has 0 aliphatic heterocycles. The van der Waals surface area contributed by atoms with Gasteiger partial charge in [-0.3, -0.25) is 0 Å². The molecule has 1 aromatic carbocycles. The van der Waals surface area contributed by atoms with Crippen LogP contribution in [0.25, 0.3) is 17.2 Å². The number of aromatic nitrogens is 5. The minimum Gasteiger partial charge on any atom is -0.443 e. The second kappa shape index (κ2) is 6.57. The van der Waals surface area contributed by atoms with Crippen LogP contribution in [0, 0.1) is 13.8 Å². The Hall–Kier alpha value is -3.26. The fourth-order valence-corrected chi connectivity index (χ4v) is 2.76. The van der Waals surface area contributed by atoms with Crippen molar-refractivity contribution in [3.8, 4) is 11.6 Å². The first-order valence-corrected chi connectivity index (χ1v) is 8.29. The monoisotopic (exact) mass is 349 g/mol. The summed E-state index contributed by atoms with van der Waals surface area (Å²) < 4.78 is 6.88. The first-order chi connectivity index (χ1) is 12.6. The van der Waals surface area contributed by atoms with E-state index in [1.165, 1.54) is 17.4 Å². The molecule has 8 heteroatoms. The highest BCUT2D eigenvalue weighted by molar-refractivity contribution is 5.65. The average molecular weight is 349 g/mol. The summed E-state index contributed by atoms with van der Waals surface area (Å²) in [5, 5.41) is 7.79. The number of rotatable bonds is 5. The summed E-state index contributed by atoms with van der Waals surface area (Å²) in [7, 11) is 0. The summed E-state index contributed by atoms with van der Waals surface area (Å²) in [6.45, 7) is 5.25. The van der Waals surface area contributed by atoms with E-state index in [1.54, 1.807) is 10.7 Å². The number of nitrogens with zero attached hydrogens (tertiary/aromatic N) is 5. The van der Waals surface area contributed by atoms with Crippen molar-refractivity contribution in [2.24, 2.45) is 0 Å². The second-order valence-corrected chi connectivity index (χ2v) is 6.13. The molecule has 0 bridgehead atoms. The number of benzene rings is 1. The minimum atomic E-state index is 0.246. The van der Waals surface area contributed by atoms with Crippen molar-refractivity contribution in [1.29, 1.82) is 0 Å². The quantitative estimate of drug-likeness (QED) is 0.569. The van der Waals surface area contributed by atoms with Gasteiger partial charge in [0.05, 0.1) is 12.7 Å². The molecule has 0 amide bonds. The van der Waals surface area contributed by atoms with Crippen LogP contribution in [0.15, 0.2) is 41.1 Å². The summed E-state index contributed by atoms with van der Waals surface area (Å²) in [4.78, 5) is 13.1. The highest BCUT2D eigenvalue weighted by atomic mass is 16.3. The maximum atomic E-state index is 6.04. The van der Waals surface area contributed by atoms with Gasteiger partial charge in [-0.15, -0.1) is 5.10 Å². The molecule has 0 saturated heterocycles. The molecule has 0 aliphatic rings. The number of nitrogens with one attached hydrogen (secondary N) is 1. The molecule has 26 heavy (non-hydrogen) atoms. The molecule has 3 heterocycles. The molecule has 0 fully saturated rings. The molecule has 8 nitrogen and oxygen atoms in total. The van der Waals surface area contributed by atoms with Crippen LogP contribution < -0.4 is 11.1 Å². The van der Waals surface area contributed by atoms with Gasteiger partial charge in [-0.2, -0.15) is 4.52 Å². The van der Waals surface area contributed by atoms with Crippen LogP contribution in [-0.4, -0.2) is 24.6 Å². The van der Waals surface area contributed by atoms with Crippen molar-refractivity contribution in [3.05, 3.63) is 59.2 Å². The predicted molar refractivity (Wildman–Crippen MR) is 97.2 cm³/mol. The van der Waals surface area contributed by atoms with Gasteiger partial charge in [-0.1, -0.05) is 29.8 Å². The molecule has 0 saturated carbocycles. The minimum absolute atomic E-state index is 0.246. The zero-order chi connectivity index (χ0) is 18.1. The van der Waals surface area contributed by atoms with Gasteiger partial charge in [0.1, 0.15) is 12.0 Å². The van der Waals surface area contributed by atoms with Crippen LogP contribution in [0.1, 0.15) is 22.5 Å². The summed E-state index contributed by atoms with van der Waals surface area (Å²) in [5.41, 5.74) is 10.5. The normalized spacial score (nSPS) is 11.3. The van der Waals surface area contributed by atoms with Crippen molar-refractivity contribution in [3.63, 3.8) is 0 Å². The number of aryl methyl sites for hydroxylation is 2. The third-order valence-electron chi connectivity index (χ3n) is 4.15. The van der Waals surface area contributed by atoms with Crippen molar-refractivity contribution in [2.75, 3.05) is 5.73 Å². The first-order valence-electron chi connectivity index (χ1n) is 8.29. The molecule has 0 unspecified atom stereocenters. The van der Waals surface area contributed by atoms with Gasteiger partial charge < -0.3 is 15.5 Å². The molecule has 132 valence electrons. The largest absolute Gasteiger partial charge is 0.443 e. The molecular formula is C18H19N7O. The Bertz CT molecular complexity index is 1040. The van der Waals surface area contributed by atoms with Gasteiger partial charge in [0.25, 0.3) is 0 Å². The van der Waals surface area contributed by atoms with Gasteiger partial charge in [0, 0.05) is 12.1 Å². The molecule has 0 radical (unpaired) electrons. The third kappa shape index (κ3) is 3.02. The van der Waals surface area contributed by atoms with Crippen molar-refractivity contribution >= 4 is 11.6 Å². The van der Waals surface area contributed by atoms with E-state index in [0.29, 0.717) is 29.6 Å². The molecule has 4 aromatic rings. The van der Waals surface area contributed by atoms with Crippen LogP contribution >= 0.6 is 0 Å². The second-order valence-electron chi connectivity index (χ2n) is 6.13. The smallest absolute Gasteiger partial charge is 0.245 e. The Morgan fingerprint density at radius 2 is 1.92 bits per heavy atom. The topological polar surface area (TPSA) is 107 Å². The van der Waals surface area contributed by atoms with E-state index < -0.39 is 0 Å². The van der Waals surface area contributed by atoms with Crippen LogP contribution in [0.5, 0.6) is 0 Å². The Balaban J connectivity index is 1.56. The van der Waals surface area contributed by atoms with Crippen LogP contribution in [-0.2, 0) is 13.1 Å². The number of nitrogen functional groups attached to an aromatic ring is 1. The Kier molecular flexibility index (Phi) is 4.10.